The molecule has 1 aliphatic rings. The highest BCUT2D eigenvalue weighted by atomic mass is 35.5. The van der Waals surface area contributed by atoms with Crippen LogP contribution in [0.4, 0.5) is 0 Å². The van der Waals surface area contributed by atoms with Gasteiger partial charge in [-0.2, -0.15) is 0 Å². The second-order valence-electron chi connectivity index (χ2n) is 10.6. The summed E-state index contributed by atoms with van der Waals surface area (Å²) in [4.78, 5) is 0. The van der Waals surface area contributed by atoms with Gasteiger partial charge in [-0.3, -0.25) is 0 Å². The Bertz CT molecular complexity index is 960. The molecule has 0 fully saturated rings. The molecular formula is C26H37ClOSi2. The topological polar surface area (TPSA) is 9.23 Å². The summed E-state index contributed by atoms with van der Waals surface area (Å²) in [5, 5.41) is 3.77. The third-order valence-corrected chi connectivity index (χ3v) is 12.6. The van der Waals surface area contributed by atoms with Crippen molar-refractivity contribution in [3.63, 3.8) is 0 Å². The molecule has 0 N–H and O–H groups in total. The van der Waals surface area contributed by atoms with E-state index in [-0.39, 0.29) is 5.41 Å². The van der Waals surface area contributed by atoms with Gasteiger partial charge in [0.2, 0.25) is 8.32 Å². The van der Waals surface area contributed by atoms with E-state index in [1.807, 2.05) is 0 Å². The molecule has 1 nitrogen and oxygen atoms in total. The van der Waals surface area contributed by atoms with Crippen LogP contribution in [0.15, 0.2) is 36.4 Å². The first-order chi connectivity index (χ1) is 13.9. The molecule has 1 aliphatic carbocycles. The molecule has 0 saturated carbocycles. The highest BCUT2D eigenvalue weighted by Crippen LogP contribution is 2.37. The second-order valence-corrected chi connectivity index (χ2v) is 20.1. The SMILES string of the molecule is CC[Si](CC)(c1cccc2c1C=CC2)c1cc(Cl)cc(C(C)(C)C)c1O[Si](C)(C)C. The normalized spacial score (nSPS) is 14.2. The van der Waals surface area contributed by atoms with Crippen LogP contribution in [0.3, 0.4) is 0 Å². The molecule has 162 valence electrons. The Morgan fingerprint density at radius 2 is 1.67 bits per heavy atom. The van der Waals surface area contributed by atoms with Gasteiger partial charge in [-0.25, -0.2) is 0 Å². The first-order valence-corrected chi connectivity index (χ1v) is 17.5. The maximum absolute atomic E-state index is 6.89. The van der Waals surface area contributed by atoms with Crippen LogP contribution < -0.4 is 14.8 Å². The highest BCUT2D eigenvalue weighted by Gasteiger charge is 2.41. The van der Waals surface area contributed by atoms with Crippen LogP contribution in [0.2, 0.25) is 36.8 Å². The van der Waals surface area contributed by atoms with Crippen molar-refractivity contribution in [3.8, 4) is 5.75 Å². The molecule has 0 radical (unpaired) electrons. The van der Waals surface area contributed by atoms with Gasteiger partial charge in [0.05, 0.1) is 0 Å². The summed E-state index contributed by atoms with van der Waals surface area (Å²) in [7, 11) is -3.89. The minimum Gasteiger partial charge on any atom is -0.544 e. The minimum atomic E-state index is -2.08. The monoisotopic (exact) mass is 456 g/mol. The van der Waals surface area contributed by atoms with E-state index in [4.69, 9.17) is 16.0 Å². The Morgan fingerprint density at radius 3 is 2.23 bits per heavy atom. The fourth-order valence-corrected chi connectivity index (χ4v) is 10.6. The number of halogens is 1. The van der Waals surface area contributed by atoms with Gasteiger partial charge < -0.3 is 4.43 Å². The fourth-order valence-electron chi connectivity index (χ4n) is 4.79. The van der Waals surface area contributed by atoms with Gasteiger partial charge in [0.15, 0.2) is 0 Å². The molecule has 0 bridgehead atoms. The molecule has 0 heterocycles. The summed E-state index contributed by atoms with van der Waals surface area (Å²) in [6.45, 7) is 18.4. The third-order valence-electron chi connectivity index (χ3n) is 6.33. The average molecular weight is 457 g/mol. The summed E-state index contributed by atoms with van der Waals surface area (Å²) in [6, 6.07) is 13.6. The van der Waals surface area contributed by atoms with Gasteiger partial charge in [-0.05, 0) is 70.7 Å². The van der Waals surface area contributed by atoms with Crippen LogP contribution in [0.1, 0.15) is 51.3 Å². The largest absolute Gasteiger partial charge is 0.544 e. The van der Waals surface area contributed by atoms with Crippen LogP contribution in [0.25, 0.3) is 6.08 Å². The van der Waals surface area contributed by atoms with Gasteiger partial charge in [0.1, 0.15) is 13.8 Å². The van der Waals surface area contributed by atoms with Crippen molar-refractivity contribution in [1.82, 2.24) is 0 Å². The lowest BCUT2D eigenvalue weighted by Gasteiger charge is -2.38. The number of fused-ring (bicyclic) bond motifs is 1. The zero-order valence-corrected chi connectivity index (χ0v) is 22.7. The molecule has 0 aliphatic heterocycles. The Balaban J connectivity index is 2.40. The van der Waals surface area contributed by atoms with E-state index in [9.17, 15) is 0 Å². The van der Waals surface area contributed by atoms with E-state index < -0.39 is 16.4 Å². The van der Waals surface area contributed by atoms with Crippen molar-refractivity contribution in [2.75, 3.05) is 0 Å². The number of benzene rings is 2. The van der Waals surface area contributed by atoms with Crippen LogP contribution in [0, 0.1) is 0 Å². The lowest BCUT2D eigenvalue weighted by atomic mass is 9.86. The predicted molar refractivity (Wildman–Crippen MR) is 139 cm³/mol. The van der Waals surface area contributed by atoms with E-state index in [1.54, 1.807) is 5.19 Å². The maximum Gasteiger partial charge on any atom is 0.242 e. The number of rotatable bonds is 6. The average Bonchev–Trinajstić information content (AvgIpc) is 3.12. The van der Waals surface area contributed by atoms with Gasteiger partial charge in [-0.1, -0.05) is 88.7 Å². The molecule has 2 aromatic carbocycles. The molecule has 4 heteroatoms. The molecule has 0 saturated heterocycles. The van der Waals surface area contributed by atoms with Gasteiger partial charge in [-0.15, -0.1) is 0 Å². The molecule has 0 aromatic heterocycles. The van der Waals surface area contributed by atoms with Gasteiger partial charge in [0.25, 0.3) is 0 Å². The minimum absolute atomic E-state index is 0.0329. The molecule has 0 unspecified atom stereocenters. The first-order valence-electron chi connectivity index (χ1n) is 11.3. The van der Waals surface area contributed by atoms with E-state index in [0.29, 0.717) is 0 Å². The molecule has 0 spiro atoms. The molecular weight excluding hydrogens is 420 g/mol. The lowest BCUT2D eigenvalue weighted by molar-refractivity contribution is 0.511. The lowest BCUT2D eigenvalue weighted by Crippen LogP contribution is -2.59. The van der Waals surface area contributed by atoms with E-state index in [0.717, 1.165) is 29.3 Å². The van der Waals surface area contributed by atoms with Crippen molar-refractivity contribution in [3.05, 3.63) is 58.1 Å². The predicted octanol–water partition coefficient (Wildman–Crippen LogP) is 7.02. The number of allylic oxidation sites excluding steroid dienone is 1. The van der Waals surface area contributed by atoms with E-state index >= 15 is 0 Å². The van der Waals surface area contributed by atoms with E-state index in [2.05, 4.69) is 96.7 Å². The van der Waals surface area contributed by atoms with Crippen LogP contribution >= 0.6 is 11.6 Å². The van der Waals surface area contributed by atoms with Gasteiger partial charge >= 0.3 is 0 Å². The Labute approximate surface area is 190 Å². The van der Waals surface area contributed by atoms with Crippen molar-refractivity contribution >= 4 is 44.4 Å². The third kappa shape index (κ3) is 4.35. The summed E-state index contributed by atoms with van der Waals surface area (Å²) in [5.74, 6) is 1.13. The second kappa shape index (κ2) is 8.33. The summed E-state index contributed by atoms with van der Waals surface area (Å²) in [6.07, 6.45) is 5.69. The quantitative estimate of drug-likeness (QED) is 0.424. The fraction of sp³-hybridized carbons (Fsp3) is 0.462. The number of hydrogen-bond donors (Lipinski definition) is 0. The first kappa shape index (κ1) is 23.4. The van der Waals surface area contributed by atoms with Crippen molar-refractivity contribution in [1.29, 1.82) is 0 Å². The Morgan fingerprint density at radius 1 is 1.00 bits per heavy atom. The summed E-state index contributed by atoms with van der Waals surface area (Å²) >= 11 is 6.79. The van der Waals surface area contributed by atoms with Crippen LogP contribution in [0.5, 0.6) is 5.75 Å². The zero-order chi connectivity index (χ0) is 22.3. The zero-order valence-electron chi connectivity index (χ0n) is 19.9. The van der Waals surface area contributed by atoms with E-state index in [1.165, 1.54) is 21.9 Å². The maximum atomic E-state index is 6.89. The standard InChI is InChI=1S/C26H37ClOSi2/c1-9-30(10-2,23-16-12-14-19-13-11-15-21(19)23)24-18-20(27)17-22(26(3,4)5)25(24)28-29(6,7)8/h11-12,14-18H,9-10,13H2,1-8H3. The Kier molecular flexibility index (Phi) is 6.49. The van der Waals surface area contributed by atoms with Crippen molar-refractivity contribution in [2.24, 2.45) is 0 Å². The van der Waals surface area contributed by atoms with Gasteiger partial charge in [0, 0.05) is 5.02 Å². The van der Waals surface area contributed by atoms with Crippen LogP contribution in [-0.2, 0) is 11.8 Å². The summed E-state index contributed by atoms with van der Waals surface area (Å²) in [5.41, 5.74) is 4.12. The molecule has 0 atom stereocenters. The van der Waals surface area contributed by atoms with Crippen molar-refractivity contribution in [2.45, 2.75) is 78.2 Å². The highest BCUT2D eigenvalue weighted by molar-refractivity contribution is 7.03. The number of hydrogen-bond acceptors (Lipinski definition) is 1. The van der Waals surface area contributed by atoms with Crippen molar-refractivity contribution < 1.29 is 4.43 Å². The molecule has 2 aromatic rings. The Hall–Kier alpha value is -1.30. The molecule has 30 heavy (non-hydrogen) atoms. The summed E-state index contributed by atoms with van der Waals surface area (Å²) < 4.78 is 6.89. The van der Waals surface area contributed by atoms with Crippen LogP contribution in [-0.4, -0.2) is 16.4 Å². The smallest absolute Gasteiger partial charge is 0.242 e. The molecule has 0 amide bonds. The molecule has 3 rings (SSSR count).